The topological polar surface area (TPSA) is 66.4 Å². The normalized spacial score (nSPS) is 17.6. The Hall–Kier alpha value is -1.06. The highest BCUT2D eigenvalue weighted by molar-refractivity contribution is 5.80. The zero-order valence-corrected chi connectivity index (χ0v) is 12.2. The van der Waals surface area contributed by atoms with Gasteiger partial charge in [-0.15, -0.1) is 0 Å². The predicted octanol–water partition coefficient (Wildman–Crippen LogP) is 2.96. The van der Waals surface area contributed by atoms with E-state index in [1.807, 2.05) is 0 Å². The van der Waals surface area contributed by atoms with Crippen molar-refractivity contribution < 1.29 is 14.7 Å². The summed E-state index contributed by atoms with van der Waals surface area (Å²) in [6.07, 6.45) is 7.04. The van der Waals surface area contributed by atoms with E-state index in [0.717, 1.165) is 38.5 Å². The molecule has 110 valence electrons. The standard InChI is InChI=1S/C15H27NO3/c1-3-7-12(8-4-2)13(17)16-11-15(14(18)19)9-5-6-10-15/h12H,3-11H2,1-2H3,(H,16,17)(H,18,19). The minimum Gasteiger partial charge on any atom is -0.481 e. The summed E-state index contributed by atoms with van der Waals surface area (Å²) in [6, 6.07) is 0. The van der Waals surface area contributed by atoms with E-state index in [-0.39, 0.29) is 11.8 Å². The van der Waals surface area contributed by atoms with Crippen LogP contribution in [0.3, 0.4) is 0 Å². The van der Waals surface area contributed by atoms with E-state index in [2.05, 4.69) is 19.2 Å². The number of carbonyl (C=O) groups is 2. The maximum absolute atomic E-state index is 12.1. The number of hydrogen-bond donors (Lipinski definition) is 2. The quantitative estimate of drug-likeness (QED) is 0.712. The molecule has 0 radical (unpaired) electrons. The largest absolute Gasteiger partial charge is 0.481 e. The van der Waals surface area contributed by atoms with Crippen LogP contribution < -0.4 is 5.32 Å². The Labute approximate surface area is 116 Å². The van der Waals surface area contributed by atoms with E-state index >= 15 is 0 Å². The smallest absolute Gasteiger partial charge is 0.311 e. The van der Waals surface area contributed by atoms with Crippen molar-refractivity contribution in [3.05, 3.63) is 0 Å². The second kappa shape index (κ2) is 7.51. The second-order valence-electron chi connectivity index (χ2n) is 5.78. The van der Waals surface area contributed by atoms with E-state index < -0.39 is 11.4 Å². The van der Waals surface area contributed by atoms with Crippen molar-refractivity contribution in [3.63, 3.8) is 0 Å². The highest BCUT2D eigenvalue weighted by atomic mass is 16.4. The Morgan fingerprint density at radius 1 is 1.16 bits per heavy atom. The maximum Gasteiger partial charge on any atom is 0.311 e. The molecule has 1 aliphatic rings. The average Bonchev–Trinajstić information content (AvgIpc) is 2.86. The molecular weight excluding hydrogens is 242 g/mol. The lowest BCUT2D eigenvalue weighted by Gasteiger charge is -2.25. The van der Waals surface area contributed by atoms with Crippen molar-refractivity contribution in [3.8, 4) is 0 Å². The molecule has 0 unspecified atom stereocenters. The number of nitrogens with one attached hydrogen (secondary N) is 1. The maximum atomic E-state index is 12.1. The van der Waals surface area contributed by atoms with Gasteiger partial charge < -0.3 is 10.4 Å². The molecule has 2 N–H and O–H groups in total. The SMILES string of the molecule is CCCC(CCC)C(=O)NCC1(C(=O)O)CCCC1. The van der Waals surface area contributed by atoms with Crippen molar-refractivity contribution >= 4 is 11.9 Å². The minimum absolute atomic E-state index is 0.0382. The van der Waals surface area contributed by atoms with Crippen molar-refractivity contribution in [1.29, 1.82) is 0 Å². The first-order chi connectivity index (χ1) is 9.05. The van der Waals surface area contributed by atoms with Crippen molar-refractivity contribution in [2.24, 2.45) is 11.3 Å². The number of rotatable bonds is 8. The fraction of sp³-hybridized carbons (Fsp3) is 0.867. The van der Waals surface area contributed by atoms with Crippen LogP contribution in [0.4, 0.5) is 0 Å². The molecule has 0 aromatic rings. The van der Waals surface area contributed by atoms with Gasteiger partial charge in [-0.05, 0) is 25.7 Å². The average molecular weight is 269 g/mol. The summed E-state index contributed by atoms with van der Waals surface area (Å²) >= 11 is 0. The van der Waals surface area contributed by atoms with Gasteiger partial charge in [0.1, 0.15) is 0 Å². The Bertz CT molecular complexity index is 303. The number of carbonyl (C=O) groups excluding carboxylic acids is 1. The van der Waals surface area contributed by atoms with Gasteiger partial charge in [-0.2, -0.15) is 0 Å². The zero-order chi connectivity index (χ0) is 14.3. The molecule has 4 nitrogen and oxygen atoms in total. The van der Waals surface area contributed by atoms with Crippen LogP contribution >= 0.6 is 0 Å². The summed E-state index contributed by atoms with van der Waals surface area (Å²) in [5, 5.41) is 12.3. The van der Waals surface area contributed by atoms with Crippen LogP contribution in [0.5, 0.6) is 0 Å². The van der Waals surface area contributed by atoms with Gasteiger partial charge in [-0.3, -0.25) is 9.59 Å². The predicted molar refractivity (Wildman–Crippen MR) is 74.9 cm³/mol. The highest BCUT2D eigenvalue weighted by Gasteiger charge is 2.41. The van der Waals surface area contributed by atoms with E-state index in [1.54, 1.807) is 0 Å². The zero-order valence-electron chi connectivity index (χ0n) is 12.2. The summed E-state index contributed by atoms with van der Waals surface area (Å²) in [5.74, 6) is -0.675. The van der Waals surface area contributed by atoms with Gasteiger partial charge in [-0.25, -0.2) is 0 Å². The minimum atomic E-state index is -0.757. The molecular formula is C15H27NO3. The Morgan fingerprint density at radius 3 is 2.11 bits per heavy atom. The van der Waals surface area contributed by atoms with E-state index in [1.165, 1.54) is 0 Å². The van der Waals surface area contributed by atoms with Crippen molar-refractivity contribution in [2.45, 2.75) is 65.2 Å². The number of amides is 1. The van der Waals surface area contributed by atoms with Crippen LogP contribution in [0.1, 0.15) is 65.2 Å². The molecule has 4 heteroatoms. The van der Waals surface area contributed by atoms with Gasteiger partial charge in [0, 0.05) is 12.5 Å². The molecule has 0 aromatic carbocycles. The molecule has 1 saturated carbocycles. The van der Waals surface area contributed by atoms with E-state index in [4.69, 9.17) is 0 Å². The fourth-order valence-corrected chi connectivity index (χ4v) is 3.02. The molecule has 0 spiro atoms. The van der Waals surface area contributed by atoms with Crippen LogP contribution in [-0.4, -0.2) is 23.5 Å². The summed E-state index contributed by atoms with van der Waals surface area (Å²) in [4.78, 5) is 23.5. The summed E-state index contributed by atoms with van der Waals surface area (Å²) in [6.45, 7) is 4.45. The monoisotopic (exact) mass is 269 g/mol. The lowest BCUT2D eigenvalue weighted by atomic mass is 9.86. The highest BCUT2D eigenvalue weighted by Crippen LogP contribution is 2.37. The molecule has 0 aromatic heterocycles. The van der Waals surface area contributed by atoms with Crippen molar-refractivity contribution in [1.82, 2.24) is 5.32 Å². The first-order valence-corrected chi connectivity index (χ1v) is 7.57. The fourth-order valence-electron chi connectivity index (χ4n) is 3.02. The molecule has 0 aliphatic heterocycles. The van der Waals surface area contributed by atoms with Gasteiger partial charge in [0.05, 0.1) is 5.41 Å². The third kappa shape index (κ3) is 4.22. The van der Waals surface area contributed by atoms with Crippen LogP contribution in [-0.2, 0) is 9.59 Å². The van der Waals surface area contributed by atoms with Crippen LogP contribution in [0.2, 0.25) is 0 Å². The molecule has 1 fully saturated rings. The second-order valence-corrected chi connectivity index (χ2v) is 5.78. The first kappa shape index (κ1) is 16.0. The lowest BCUT2D eigenvalue weighted by molar-refractivity contribution is -0.148. The van der Waals surface area contributed by atoms with Crippen LogP contribution in [0.15, 0.2) is 0 Å². The molecule has 1 aliphatic carbocycles. The summed E-state index contributed by atoms with van der Waals surface area (Å²) in [5.41, 5.74) is -0.710. The molecule has 19 heavy (non-hydrogen) atoms. The van der Waals surface area contributed by atoms with E-state index in [0.29, 0.717) is 19.4 Å². The summed E-state index contributed by atoms with van der Waals surface area (Å²) < 4.78 is 0. The molecule has 1 rings (SSSR count). The molecule has 0 bridgehead atoms. The van der Waals surface area contributed by atoms with Crippen LogP contribution in [0, 0.1) is 11.3 Å². The molecule has 1 amide bonds. The Morgan fingerprint density at radius 2 is 1.68 bits per heavy atom. The van der Waals surface area contributed by atoms with Gasteiger partial charge in [-0.1, -0.05) is 39.5 Å². The number of hydrogen-bond acceptors (Lipinski definition) is 2. The Kier molecular flexibility index (Phi) is 6.32. The lowest BCUT2D eigenvalue weighted by Crippen LogP contribution is -2.43. The number of carboxylic acid groups (broad SMARTS) is 1. The van der Waals surface area contributed by atoms with Gasteiger partial charge in [0.15, 0.2) is 0 Å². The van der Waals surface area contributed by atoms with Gasteiger partial charge >= 0.3 is 5.97 Å². The van der Waals surface area contributed by atoms with E-state index in [9.17, 15) is 14.7 Å². The third-order valence-corrected chi connectivity index (χ3v) is 4.26. The third-order valence-electron chi connectivity index (χ3n) is 4.26. The van der Waals surface area contributed by atoms with Crippen LogP contribution in [0.25, 0.3) is 0 Å². The van der Waals surface area contributed by atoms with Crippen molar-refractivity contribution in [2.75, 3.05) is 6.54 Å². The molecule has 0 atom stereocenters. The first-order valence-electron chi connectivity index (χ1n) is 7.57. The summed E-state index contributed by atoms with van der Waals surface area (Å²) in [7, 11) is 0. The van der Waals surface area contributed by atoms with Gasteiger partial charge in [0.2, 0.25) is 5.91 Å². The number of aliphatic carboxylic acids is 1. The molecule has 0 heterocycles. The van der Waals surface area contributed by atoms with Gasteiger partial charge in [0.25, 0.3) is 0 Å². The number of carboxylic acids is 1. The Balaban J connectivity index is 2.53. The molecule has 0 saturated heterocycles.